The van der Waals surface area contributed by atoms with E-state index < -0.39 is 5.97 Å². The molecule has 1 saturated heterocycles. The molecule has 1 fully saturated rings. The van der Waals surface area contributed by atoms with Crippen molar-refractivity contribution in [1.29, 1.82) is 0 Å². The Bertz CT molecular complexity index is 704. The van der Waals surface area contributed by atoms with Crippen LogP contribution in [0.2, 0.25) is 5.02 Å². The fourth-order valence-corrected chi connectivity index (χ4v) is 3.54. The van der Waals surface area contributed by atoms with E-state index in [1.165, 1.54) is 0 Å². The average Bonchev–Trinajstić information content (AvgIpc) is 2.49. The van der Waals surface area contributed by atoms with Crippen molar-refractivity contribution in [3.63, 3.8) is 0 Å². The van der Waals surface area contributed by atoms with Crippen LogP contribution < -0.4 is 0 Å². The van der Waals surface area contributed by atoms with Gasteiger partial charge < -0.3 is 5.11 Å². The van der Waals surface area contributed by atoms with Gasteiger partial charge in [-0.15, -0.1) is 0 Å². The van der Waals surface area contributed by atoms with E-state index >= 15 is 0 Å². The number of rotatable bonds is 3. The van der Waals surface area contributed by atoms with Crippen molar-refractivity contribution in [2.75, 3.05) is 13.1 Å². The van der Waals surface area contributed by atoms with Gasteiger partial charge in [0, 0.05) is 41.8 Å². The van der Waals surface area contributed by atoms with Crippen LogP contribution in [0.5, 0.6) is 0 Å². The van der Waals surface area contributed by atoms with Crippen molar-refractivity contribution >= 4 is 28.5 Å². The molecule has 1 aliphatic rings. The highest BCUT2D eigenvalue weighted by Gasteiger charge is 2.29. The minimum absolute atomic E-state index is 0.300. The number of likely N-dealkylation sites (tertiary alicyclic amines) is 1. The first kappa shape index (κ1) is 15.3. The summed E-state index contributed by atoms with van der Waals surface area (Å²) in [6, 6.07) is 7.78. The maximum atomic E-state index is 11.3. The Hall–Kier alpha value is -1.65. The Morgan fingerprint density at radius 1 is 1.41 bits per heavy atom. The van der Waals surface area contributed by atoms with Crippen molar-refractivity contribution in [1.82, 2.24) is 9.88 Å². The molecule has 4 nitrogen and oxygen atoms in total. The minimum Gasteiger partial charge on any atom is -0.481 e. The van der Waals surface area contributed by atoms with Crippen molar-refractivity contribution in [2.24, 2.45) is 11.8 Å². The van der Waals surface area contributed by atoms with Gasteiger partial charge in [0.05, 0.1) is 11.4 Å². The minimum atomic E-state index is -0.710. The molecule has 2 aromatic rings. The van der Waals surface area contributed by atoms with Crippen molar-refractivity contribution in [3.05, 3.63) is 41.0 Å². The lowest BCUT2D eigenvalue weighted by Gasteiger charge is -2.34. The van der Waals surface area contributed by atoms with E-state index in [9.17, 15) is 9.90 Å². The summed E-state index contributed by atoms with van der Waals surface area (Å²) in [5.74, 6) is -0.638. The Morgan fingerprint density at radius 2 is 2.23 bits per heavy atom. The third kappa shape index (κ3) is 3.08. The number of pyridine rings is 1. The first-order chi connectivity index (χ1) is 10.5. The zero-order chi connectivity index (χ0) is 15.7. The smallest absolute Gasteiger partial charge is 0.307 e. The normalized spacial score (nSPS) is 22.8. The predicted octanol–water partition coefficient (Wildman–Crippen LogP) is 3.43. The summed E-state index contributed by atoms with van der Waals surface area (Å²) < 4.78 is 0. The highest BCUT2D eigenvalue weighted by atomic mass is 35.5. The lowest BCUT2D eigenvalue weighted by molar-refractivity contribution is -0.144. The largest absolute Gasteiger partial charge is 0.481 e. The number of aromatic nitrogens is 1. The summed E-state index contributed by atoms with van der Waals surface area (Å²) in [6.45, 7) is 4.20. The fraction of sp³-hybridized carbons (Fsp3) is 0.412. The lowest BCUT2D eigenvalue weighted by Crippen LogP contribution is -2.42. The molecule has 1 aliphatic heterocycles. The first-order valence-electron chi connectivity index (χ1n) is 7.52. The molecule has 2 unspecified atom stereocenters. The van der Waals surface area contributed by atoms with Gasteiger partial charge in [-0.25, -0.2) is 0 Å². The first-order valence-corrected chi connectivity index (χ1v) is 7.89. The summed E-state index contributed by atoms with van der Waals surface area (Å²) in [5, 5.41) is 11.0. The number of aliphatic carboxylic acids is 1. The van der Waals surface area contributed by atoms with Gasteiger partial charge in [-0.2, -0.15) is 0 Å². The molecule has 1 aromatic carbocycles. The van der Waals surface area contributed by atoms with Crippen LogP contribution in [0, 0.1) is 11.8 Å². The van der Waals surface area contributed by atoms with Crippen LogP contribution in [0.4, 0.5) is 0 Å². The van der Waals surface area contributed by atoms with Crippen LogP contribution in [0.25, 0.3) is 10.9 Å². The zero-order valence-corrected chi connectivity index (χ0v) is 13.3. The summed E-state index contributed by atoms with van der Waals surface area (Å²) in [4.78, 5) is 17.9. The topological polar surface area (TPSA) is 53.4 Å². The molecule has 2 atom stereocenters. The molecule has 0 bridgehead atoms. The molecular formula is C17H19ClN2O2. The number of nitrogens with zero attached hydrogens (tertiary/aromatic N) is 2. The maximum absolute atomic E-state index is 11.3. The zero-order valence-electron chi connectivity index (χ0n) is 12.5. The molecule has 0 aliphatic carbocycles. The molecule has 5 heteroatoms. The number of piperidine rings is 1. The molecular weight excluding hydrogens is 300 g/mol. The number of halogens is 1. The van der Waals surface area contributed by atoms with Crippen molar-refractivity contribution < 1.29 is 9.90 Å². The second-order valence-corrected chi connectivity index (χ2v) is 6.58. The third-order valence-corrected chi connectivity index (χ3v) is 4.64. The van der Waals surface area contributed by atoms with E-state index in [1.807, 2.05) is 24.3 Å². The van der Waals surface area contributed by atoms with Gasteiger partial charge in [0.2, 0.25) is 0 Å². The van der Waals surface area contributed by atoms with E-state index in [4.69, 9.17) is 11.6 Å². The predicted molar refractivity (Wildman–Crippen MR) is 86.9 cm³/mol. The van der Waals surface area contributed by atoms with Crippen LogP contribution in [0.1, 0.15) is 18.9 Å². The Morgan fingerprint density at radius 3 is 3.00 bits per heavy atom. The standard InChI is InChI=1S/C17H19ClN2O2/c1-11-7-13(17(21)22)9-20(8-11)10-14-15(18)5-4-12-3-2-6-19-16(12)14/h2-6,11,13H,7-10H2,1H3,(H,21,22). The SMILES string of the molecule is CC1CC(C(=O)O)CN(Cc2c(Cl)ccc3cccnc23)C1. The Kier molecular flexibility index (Phi) is 4.32. The van der Waals surface area contributed by atoms with Crippen molar-refractivity contribution in [3.8, 4) is 0 Å². The van der Waals surface area contributed by atoms with Crippen molar-refractivity contribution in [2.45, 2.75) is 19.9 Å². The molecule has 0 amide bonds. The summed E-state index contributed by atoms with van der Waals surface area (Å²) in [7, 11) is 0. The summed E-state index contributed by atoms with van der Waals surface area (Å²) in [5.41, 5.74) is 1.89. The van der Waals surface area contributed by atoms with Gasteiger partial charge in [-0.3, -0.25) is 14.7 Å². The number of hydrogen-bond donors (Lipinski definition) is 1. The Labute approximate surface area is 134 Å². The molecule has 116 valence electrons. The maximum Gasteiger partial charge on any atom is 0.307 e. The number of fused-ring (bicyclic) bond motifs is 1. The van der Waals surface area contributed by atoms with Crippen LogP contribution in [0.15, 0.2) is 30.5 Å². The molecule has 0 spiro atoms. The van der Waals surface area contributed by atoms with Crippen LogP contribution >= 0.6 is 11.6 Å². The quantitative estimate of drug-likeness (QED) is 0.942. The number of benzene rings is 1. The molecule has 22 heavy (non-hydrogen) atoms. The highest BCUT2D eigenvalue weighted by Crippen LogP contribution is 2.29. The van der Waals surface area contributed by atoms with E-state index in [2.05, 4.69) is 16.8 Å². The summed E-state index contributed by atoms with van der Waals surface area (Å²) in [6.07, 6.45) is 2.51. The molecule has 1 aromatic heterocycles. The van der Waals surface area contributed by atoms with E-state index in [0.717, 1.165) is 29.4 Å². The van der Waals surface area contributed by atoms with Gasteiger partial charge in [0.1, 0.15) is 0 Å². The highest BCUT2D eigenvalue weighted by molar-refractivity contribution is 6.32. The Balaban J connectivity index is 1.89. The van der Waals surface area contributed by atoms with Crippen LogP contribution in [-0.2, 0) is 11.3 Å². The third-order valence-electron chi connectivity index (χ3n) is 4.29. The van der Waals surface area contributed by atoms with Gasteiger partial charge in [0.15, 0.2) is 0 Å². The molecule has 2 heterocycles. The van der Waals surface area contributed by atoms with E-state index in [0.29, 0.717) is 24.0 Å². The molecule has 0 radical (unpaired) electrons. The van der Waals surface area contributed by atoms with Gasteiger partial charge >= 0.3 is 5.97 Å². The molecule has 1 N–H and O–H groups in total. The second-order valence-electron chi connectivity index (χ2n) is 6.17. The van der Waals surface area contributed by atoms with Crippen LogP contribution in [0.3, 0.4) is 0 Å². The average molecular weight is 319 g/mol. The second kappa shape index (κ2) is 6.23. The number of carboxylic acids is 1. The number of carboxylic acid groups (broad SMARTS) is 1. The van der Waals surface area contributed by atoms with Crippen LogP contribution in [-0.4, -0.2) is 34.0 Å². The number of carbonyl (C=O) groups is 1. The fourth-order valence-electron chi connectivity index (χ4n) is 3.32. The number of hydrogen-bond acceptors (Lipinski definition) is 3. The monoisotopic (exact) mass is 318 g/mol. The van der Waals surface area contributed by atoms with Gasteiger partial charge in [-0.1, -0.05) is 30.7 Å². The van der Waals surface area contributed by atoms with Gasteiger partial charge in [0.25, 0.3) is 0 Å². The summed E-state index contributed by atoms with van der Waals surface area (Å²) >= 11 is 6.37. The lowest BCUT2D eigenvalue weighted by atomic mass is 9.90. The van der Waals surface area contributed by atoms with E-state index in [1.54, 1.807) is 6.20 Å². The van der Waals surface area contributed by atoms with E-state index in [-0.39, 0.29) is 5.92 Å². The molecule has 3 rings (SSSR count). The van der Waals surface area contributed by atoms with Gasteiger partial charge in [-0.05, 0) is 24.5 Å². The molecule has 0 saturated carbocycles.